The third kappa shape index (κ3) is 9.47. The van der Waals surface area contributed by atoms with Crippen molar-refractivity contribution in [2.75, 3.05) is 31.3 Å². The summed E-state index contributed by atoms with van der Waals surface area (Å²) in [6.07, 6.45) is 1.25. The van der Waals surface area contributed by atoms with E-state index in [-0.39, 0.29) is 30.0 Å². The van der Waals surface area contributed by atoms with E-state index in [4.69, 9.17) is 14.2 Å². The van der Waals surface area contributed by atoms with Crippen molar-refractivity contribution in [3.05, 3.63) is 0 Å². The molecule has 0 aromatic carbocycles. The number of nitrogens with one attached hydrogen (secondary N) is 1. The predicted octanol–water partition coefficient (Wildman–Crippen LogP) is 1.53. The largest absolute Gasteiger partial charge is 0.465 e. The summed E-state index contributed by atoms with van der Waals surface area (Å²) in [6.45, 7) is 11.4. The monoisotopic (exact) mass is 460 g/mol. The van der Waals surface area contributed by atoms with Crippen LogP contribution in [0.25, 0.3) is 0 Å². The summed E-state index contributed by atoms with van der Waals surface area (Å²) in [4.78, 5) is 50.9. The molecular weight excluding hydrogens is 424 g/mol. The molecule has 1 saturated heterocycles. The molecule has 0 aliphatic carbocycles. The predicted molar refractivity (Wildman–Crippen MR) is 118 cm³/mol. The van der Waals surface area contributed by atoms with Gasteiger partial charge in [0.25, 0.3) is 0 Å². The highest BCUT2D eigenvalue weighted by Crippen LogP contribution is 2.22. The number of hydrogen-bond acceptors (Lipinski definition) is 9. The van der Waals surface area contributed by atoms with Crippen LogP contribution in [0.15, 0.2) is 0 Å². The molecule has 0 radical (unpaired) electrons. The van der Waals surface area contributed by atoms with E-state index in [0.717, 1.165) is 0 Å². The van der Waals surface area contributed by atoms with E-state index in [1.54, 1.807) is 41.5 Å². The van der Waals surface area contributed by atoms with Gasteiger partial charge in [-0.05, 0) is 54.4 Å². The van der Waals surface area contributed by atoms with Gasteiger partial charge in [0.05, 0.1) is 25.0 Å². The Balaban J connectivity index is 2.75. The average molecular weight is 461 g/mol. The molecule has 0 saturated carbocycles. The summed E-state index contributed by atoms with van der Waals surface area (Å²) < 4.78 is 15.4. The SMILES string of the molecule is CCOC(=O)CSC[C@H](N[C@@H](C)C(=O)N1CCC[C@H]1C(=O)OC(C)(C)C)C(=O)OCC. The topological polar surface area (TPSA) is 111 Å². The maximum Gasteiger partial charge on any atom is 0.329 e. The summed E-state index contributed by atoms with van der Waals surface area (Å²) in [6, 6.07) is -2.13. The Morgan fingerprint density at radius 2 is 1.77 bits per heavy atom. The second-order valence-electron chi connectivity index (χ2n) is 8.24. The summed E-state index contributed by atoms with van der Waals surface area (Å²) in [7, 11) is 0. The van der Waals surface area contributed by atoms with Crippen molar-refractivity contribution in [2.45, 2.75) is 78.1 Å². The minimum absolute atomic E-state index is 0.0978. The lowest BCUT2D eigenvalue weighted by Crippen LogP contribution is -2.54. The summed E-state index contributed by atoms with van der Waals surface area (Å²) in [5, 5.41) is 3.00. The number of carbonyl (C=O) groups excluding carboxylic acids is 4. The number of rotatable bonds is 11. The fraction of sp³-hybridized carbons (Fsp3) is 0.810. The lowest BCUT2D eigenvalue weighted by atomic mass is 10.1. The fourth-order valence-electron chi connectivity index (χ4n) is 3.16. The maximum atomic E-state index is 13.0. The summed E-state index contributed by atoms with van der Waals surface area (Å²) in [5.74, 6) is -1.22. The van der Waals surface area contributed by atoms with E-state index in [1.807, 2.05) is 0 Å². The third-order valence-electron chi connectivity index (χ3n) is 4.42. The van der Waals surface area contributed by atoms with Crippen LogP contribution in [-0.2, 0) is 33.4 Å². The van der Waals surface area contributed by atoms with Gasteiger partial charge in [-0.1, -0.05) is 0 Å². The highest BCUT2D eigenvalue weighted by Gasteiger charge is 2.39. The van der Waals surface area contributed by atoms with Crippen LogP contribution in [0.2, 0.25) is 0 Å². The minimum atomic E-state index is -0.777. The average Bonchev–Trinajstić information content (AvgIpc) is 3.15. The number of likely N-dealkylation sites (tertiary alicyclic amines) is 1. The first-order valence-electron chi connectivity index (χ1n) is 10.7. The van der Waals surface area contributed by atoms with Gasteiger partial charge in [0.2, 0.25) is 5.91 Å². The summed E-state index contributed by atoms with van der Waals surface area (Å²) >= 11 is 1.22. The maximum absolute atomic E-state index is 13.0. The number of hydrogen-bond donors (Lipinski definition) is 1. The van der Waals surface area contributed by atoms with Gasteiger partial charge in [0, 0.05) is 12.3 Å². The molecule has 1 amide bonds. The van der Waals surface area contributed by atoms with Gasteiger partial charge in [-0.2, -0.15) is 0 Å². The molecule has 0 bridgehead atoms. The van der Waals surface area contributed by atoms with E-state index in [9.17, 15) is 19.2 Å². The molecule has 1 fully saturated rings. The molecule has 31 heavy (non-hydrogen) atoms. The van der Waals surface area contributed by atoms with E-state index in [1.165, 1.54) is 16.7 Å². The van der Waals surface area contributed by atoms with Gasteiger partial charge in [-0.3, -0.25) is 19.7 Å². The van der Waals surface area contributed by atoms with Crippen molar-refractivity contribution >= 4 is 35.6 Å². The van der Waals surface area contributed by atoms with Crippen LogP contribution >= 0.6 is 11.8 Å². The lowest BCUT2D eigenvalue weighted by molar-refractivity contribution is -0.163. The molecule has 0 unspecified atom stereocenters. The Kier molecular flexibility index (Phi) is 11.3. The van der Waals surface area contributed by atoms with E-state index >= 15 is 0 Å². The number of thioether (sulfide) groups is 1. The molecule has 1 heterocycles. The molecule has 9 nitrogen and oxygen atoms in total. The van der Waals surface area contributed by atoms with E-state index < -0.39 is 35.7 Å². The van der Waals surface area contributed by atoms with Crippen LogP contribution < -0.4 is 5.32 Å². The van der Waals surface area contributed by atoms with Crippen molar-refractivity contribution in [2.24, 2.45) is 0 Å². The highest BCUT2D eigenvalue weighted by atomic mass is 32.2. The summed E-state index contributed by atoms with van der Waals surface area (Å²) in [5.41, 5.74) is -0.636. The van der Waals surface area contributed by atoms with Crippen LogP contribution in [0, 0.1) is 0 Å². The van der Waals surface area contributed by atoms with Crippen LogP contribution in [-0.4, -0.2) is 83.7 Å². The van der Waals surface area contributed by atoms with Gasteiger partial charge in [-0.15, -0.1) is 11.8 Å². The highest BCUT2D eigenvalue weighted by molar-refractivity contribution is 8.00. The molecule has 0 spiro atoms. The Bertz CT molecular complexity index is 636. The Labute approximate surface area is 188 Å². The minimum Gasteiger partial charge on any atom is -0.465 e. The number of esters is 3. The molecule has 1 aliphatic heterocycles. The standard InChI is InChI=1S/C21H36N2O7S/c1-7-28-17(24)13-31-12-15(19(26)29-8-2)22-14(3)18(25)23-11-9-10-16(23)20(27)30-21(4,5)6/h14-16,22H,7-13H2,1-6H3/t14-,15-,16-/m0/s1. The molecule has 10 heteroatoms. The molecule has 0 aromatic heterocycles. The fourth-order valence-corrected chi connectivity index (χ4v) is 3.99. The lowest BCUT2D eigenvalue weighted by Gasteiger charge is -2.30. The molecule has 1 N–H and O–H groups in total. The molecule has 1 rings (SSSR count). The Hall–Kier alpha value is -1.81. The number of amides is 1. The van der Waals surface area contributed by atoms with Crippen LogP contribution in [0.5, 0.6) is 0 Å². The third-order valence-corrected chi connectivity index (χ3v) is 5.43. The van der Waals surface area contributed by atoms with Crippen molar-refractivity contribution < 1.29 is 33.4 Å². The van der Waals surface area contributed by atoms with Gasteiger partial charge >= 0.3 is 17.9 Å². The smallest absolute Gasteiger partial charge is 0.329 e. The first-order chi connectivity index (χ1) is 14.5. The van der Waals surface area contributed by atoms with Crippen molar-refractivity contribution in [1.82, 2.24) is 10.2 Å². The molecule has 3 atom stereocenters. The van der Waals surface area contributed by atoms with Crippen molar-refractivity contribution in [3.63, 3.8) is 0 Å². The zero-order chi connectivity index (χ0) is 23.6. The Morgan fingerprint density at radius 1 is 1.13 bits per heavy atom. The zero-order valence-electron chi connectivity index (χ0n) is 19.4. The number of nitrogens with zero attached hydrogens (tertiary/aromatic N) is 1. The first-order valence-corrected chi connectivity index (χ1v) is 11.8. The zero-order valence-corrected chi connectivity index (χ0v) is 20.2. The molecular formula is C21H36N2O7S. The van der Waals surface area contributed by atoms with Crippen LogP contribution in [0.3, 0.4) is 0 Å². The van der Waals surface area contributed by atoms with Crippen LogP contribution in [0.1, 0.15) is 54.4 Å². The number of ether oxygens (including phenoxy) is 3. The molecule has 1 aliphatic rings. The van der Waals surface area contributed by atoms with Crippen LogP contribution in [0.4, 0.5) is 0 Å². The molecule has 0 aromatic rings. The van der Waals surface area contributed by atoms with Gasteiger partial charge in [-0.25, -0.2) is 4.79 Å². The normalized spacial score (nSPS) is 18.3. The van der Waals surface area contributed by atoms with Gasteiger partial charge < -0.3 is 19.1 Å². The second-order valence-corrected chi connectivity index (χ2v) is 9.27. The quantitative estimate of drug-likeness (QED) is 0.362. The van der Waals surface area contributed by atoms with E-state index in [2.05, 4.69) is 5.32 Å². The van der Waals surface area contributed by atoms with E-state index in [0.29, 0.717) is 26.0 Å². The molecule has 178 valence electrons. The first kappa shape index (κ1) is 27.2. The van der Waals surface area contributed by atoms with Gasteiger partial charge in [0.1, 0.15) is 17.7 Å². The van der Waals surface area contributed by atoms with Crippen molar-refractivity contribution in [1.29, 1.82) is 0 Å². The van der Waals surface area contributed by atoms with Crippen molar-refractivity contribution in [3.8, 4) is 0 Å². The second kappa shape index (κ2) is 12.9. The Morgan fingerprint density at radius 3 is 2.35 bits per heavy atom. The van der Waals surface area contributed by atoms with Gasteiger partial charge in [0.15, 0.2) is 0 Å². The number of carbonyl (C=O) groups is 4.